The summed E-state index contributed by atoms with van der Waals surface area (Å²) in [6, 6.07) is 2.33. The number of carbonyl (C=O) groups is 4. The number of nitrogens with one attached hydrogen (secondary N) is 4. The SMILES string of the molecule is COC(=O)Nc1cc(NC(=O)[C@@H](NC(=O)c2ccnn2C(C)C)C(C2CC2)C2CC2)c(F)cc1C(C)C(=O)NCC(F)(F)F. The Bertz CT molecular complexity index is 1390. The highest BCUT2D eigenvalue weighted by molar-refractivity contribution is 6.01. The first-order valence-corrected chi connectivity index (χ1v) is 14.4. The number of rotatable bonds is 12. The molecule has 0 radical (unpaired) electrons. The molecular weight excluding hydrogens is 588 g/mol. The first-order valence-electron chi connectivity index (χ1n) is 14.4. The van der Waals surface area contributed by atoms with Gasteiger partial charge in [-0.15, -0.1) is 0 Å². The van der Waals surface area contributed by atoms with Gasteiger partial charge in [0.05, 0.1) is 24.4 Å². The number of hydrogen-bond donors (Lipinski definition) is 4. The number of benzene rings is 1. The molecule has 240 valence electrons. The van der Waals surface area contributed by atoms with Crippen LogP contribution < -0.4 is 21.3 Å². The van der Waals surface area contributed by atoms with Crippen molar-refractivity contribution in [3.63, 3.8) is 0 Å². The van der Waals surface area contributed by atoms with Crippen molar-refractivity contribution in [2.24, 2.45) is 17.8 Å². The number of ether oxygens (including phenoxy) is 1. The van der Waals surface area contributed by atoms with Crippen LogP contribution in [0.15, 0.2) is 24.4 Å². The second-order valence-electron chi connectivity index (χ2n) is 11.5. The summed E-state index contributed by atoms with van der Waals surface area (Å²) in [5.74, 6) is -4.32. The van der Waals surface area contributed by atoms with Gasteiger partial charge in [-0.1, -0.05) is 0 Å². The van der Waals surface area contributed by atoms with Gasteiger partial charge in [0.2, 0.25) is 11.8 Å². The summed E-state index contributed by atoms with van der Waals surface area (Å²) in [5.41, 5.74) is -0.414. The molecule has 2 atom stereocenters. The highest BCUT2D eigenvalue weighted by Gasteiger charge is 2.48. The maximum Gasteiger partial charge on any atom is 0.411 e. The fourth-order valence-electron chi connectivity index (χ4n) is 5.35. The molecule has 0 saturated heterocycles. The van der Waals surface area contributed by atoms with E-state index in [4.69, 9.17) is 0 Å². The van der Waals surface area contributed by atoms with Gasteiger partial charge in [-0.3, -0.25) is 24.4 Å². The molecule has 4 amide bonds. The third-order valence-electron chi connectivity index (χ3n) is 7.82. The van der Waals surface area contributed by atoms with Gasteiger partial charge < -0.3 is 20.7 Å². The highest BCUT2D eigenvalue weighted by Crippen LogP contribution is 2.51. The zero-order valence-corrected chi connectivity index (χ0v) is 24.8. The van der Waals surface area contributed by atoms with Crippen molar-refractivity contribution >= 4 is 35.2 Å². The molecule has 44 heavy (non-hydrogen) atoms. The number of hydrogen-bond acceptors (Lipinski definition) is 6. The van der Waals surface area contributed by atoms with Gasteiger partial charge in [0.25, 0.3) is 5.91 Å². The summed E-state index contributed by atoms with van der Waals surface area (Å²) in [5, 5.41) is 13.6. The Morgan fingerprint density at radius 1 is 1.00 bits per heavy atom. The zero-order chi connectivity index (χ0) is 32.3. The van der Waals surface area contributed by atoms with Gasteiger partial charge in [0.15, 0.2) is 0 Å². The molecule has 15 heteroatoms. The first-order chi connectivity index (χ1) is 20.7. The number of halogens is 4. The lowest BCUT2D eigenvalue weighted by molar-refractivity contribution is -0.139. The van der Waals surface area contributed by atoms with Crippen molar-refractivity contribution in [2.75, 3.05) is 24.3 Å². The van der Waals surface area contributed by atoms with Crippen molar-refractivity contribution < 1.29 is 41.5 Å². The molecule has 2 fully saturated rings. The van der Waals surface area contributed by atoms with Crippen LogP contribution in [-0.4, -0.2) is 59.5 Å². The van der Waals surface area contributed by atoms with Crippen molar-refractivity contribution in [1.29, 1.82) is 0 Å². The molecule has 1 aromatic carbocycles. The van der Waals surface area contributed by atoms with Gasteiger partial charge in [-0.25, -0.2) is 9.18 Å². The topological polar surface area (TPSA) is 143 Å². The molecule has 2 aromatic rings. The first kappa shape index (κ1) is 32.7. The predicted octanol–water partition coefficient (Wildman–Crippen LogP) is 4.74. The standard InChI is InChI=1S/C29H36F4N6O5/c1-14(2)39-22(9-10-35-39)26(41)38-24(23(16-5-6-16)17-7-8-17)27(42)36-21-12-20(37-28(43)44-4)18(11-19(21)30)15(3)25(40)34-13-29(31,32)33/h9-12,14-17,23-24H,5-8,13H2,1-4H3,(H,34,40)(H,36,42)(H,37,43)(H,38,41)/t15?,24-/m0/s1. The molecular formula is C29H36F4N6O5. The van der Waals surface area contributed by atoms with E-state index in [-0.39, 0.29) is 46.4 Å². The number of alkyl halides is 3. The number of carbonyl (C=O) groups excluding carboxylic acids is 4. The fraction of sp³-hybridized carbons (Fsp3) is 0.552. The lowest BCUT2D eigenvalue weighted by Gasteiger charge is -2.28. The van der Waals surface area contributed by atoms with Crippen LogP contribution in [0.25, 0.3) is 0 Å². The van der Waals surface area contributed by atoms with Crippen LogP contribution in [0.4, 0.5) is 33.7 Å². The predicted molar refractivity (Wildman–Crippen MR) is 151 cm³/mol. The normalized spacial score (nSPS) is 16.3. The number of aromatic nitrogens is 2. The molecule has 0 aliphatic heterocycles. The van der Waals surface area contributed by atoms with Gasteiger partial charge in [-0.2, -0.15) is 18.3 Å². The van der Waals surface area contributed by atoms with Gasteiger partial charge >= 0.3 is 12.3 Å². The van der Waals surface area contributed by atoms with E-state index < -0.39 is 54.3 Å². The Morgan fingerprint density at radius 2 is 1.64 bits per heavy atom. The second-order valence-corrected chi connectivity index (χ2v) is 11.5. The maximum absolute atomic E-state index is 15.5. The van der Waals surface area contributed by atoms with E-state index in [1.54, 1.807) is 11.4 Å². The molecule has 2 aliphatic rings. The summed E-state index contributed by atoms with van der Waals surface area (Å²) in [4.78, 5) is 51.7. The maximum atomic E-state index is 15.5. The lowest BCUT2D eigenvalue weighted by Crippen LogP contribution is -2.50. The van der Waals surface area contributed by atoms with Gasteiger partial charge in [0, 0.05) is 12.2 Å². The van der Waals surface area contributed by atoms with E-state index in [2.05, 4.69) is 25.8 Å². The van der Waals surface area contributed by atoms with Crippen LogP contribution in [0.3, 0.4) is 0 Å². The molecule has 2 aliphatic carbocycles. The summed E-state index contributed by atoms with van der Waals surface area (Å²) in [6.45, 7) is 3.36. The molecule has 1 unspecified atom stereocenters. The Hall–Kier alpha value is -4.17. The largest absolute Gasteiger partial charge is 0.453 e. The summed E-state index contributed by atoms with van der Waals surface area (Å²) < 4.78 is 59.5. The van der Waals surface area contributed by atoms with Crippen LogP contribution >= 0.6 is 0 Å². The number of amides is 4. The molecule has 4 N–H and O–H groups in total. The molecule has 1 aromatic heterocycles. The van der Waals surface area contributed by atoms with E-state index in [1.807, 2.05) is 13.8 Å². The quantitative estimate of drug-likeness (QED) is 0.251. The smallest absolute Gasteiger partial charge is 0.411 e. The summed E-state index contributed by atoms with van der Waals surface area (Å²) >= 11 is 0. The van der Waals surface area contributed by atoms with Crippen LogP contribution in [0.1, 0.15) is 74.5 Å². The fourth-order valence-corrected chi connectivity index (χ4v) is 5.35. The minimum absolute atomic E-state index is 0.119. The van der Waals surface area contributed by atoms with Crippen molar-refractivity contribution in [1.82, 2.24) is 20.4 Å². The van der Waals surface area contributed by atoms with E-state index in [0.717, 1.165) is 44.9 Å². The molecule has 4 rings (SSSR count). The Balaban J connectivity index is 1.63. The second kappa shape index (κ2) is 13.2. The van der Waals surface area contributed by atoms with Crippen LogP contribution in [-0.2, 0) is 14.3 Å². The van der Waals surface area contributed by atoms with E-state index >= 15 is 4.39 Å². The van der Waals surface area contributed by atoms with Crippen molar-refractivity contribution in [2.45, 2.75) is 70.6 Å². The van der Waals surface area contributed by atoms with Gasteiger partial charge in [0.1, 0.15) is 24.1 Å². The minimum Gasteiger partial charge on any atom is -0.453 e. The van der Waals surface area contributed by atoms with Crippen LogP contribution in [0.5, 0.6) is 0 Å². The van der Waals surface area contributed by atoms with Gasteiger partial charge in [-0.05, 0) is 88.0 Å². The average molecular weight is 625 g/mol. The van der Waals surface area contributed by atoms with E-state index in [1.165, 1.54) is 17.8 Å². The molecule has 11 nitrogen and oxygen atoms in total. The molecule has 1 heterocycles. The number of nitrogens with zero attached hydrogens (tertiary/aromatic N) is 2. The minimum atomic E-state index is -4.67. The van der Waals surface area contributed by atoms with E-state index in [0.29, 0.717) is 0 Å². The Kier molecular flexibility index (Phi) is 9.84. The monoisotopic (exact) mass is 624 g/mol. The Labute approximate surface area is 251 Å². The third-order valence-corrected chi connectivity index (χ3v) is 7.82. The molecule has 0 bridgehead atoms. The van der Waals surface area contributed by atoms with Crippen LogP contribution in [0.2, 0.25) is 0 Å². The lowest BCUT2D eigenvalue weighted by atomic mass is 9.88. The highest BCUT2D eigenvalue weighted by atomic mass is 19.4. The zero-order valence-electron chi connectivity index (χ0n) is 24.8. The average Bonchev–Trinajstić information content (AvgIpc) is 3.91. The van der Waals surface area contributed by atoms with Crippen LogP contribution in [0, 0.1) is 23.6 Å². The Morgan fingerprint density at radius 3 is 2.18 bits per heavy atom. The molecule has 0 spiro atoms. The van der Waals surface area contributed by atoms with Crippen molar-refractivity contribution in [3.8, 4) is 0 Å². The number of anilines is 2. The van der Waals surface area contributed by atoms with E-state index in [9.17, 15) is 32.3 Å². The summed E-state index contributed by atoms with van der Waals surface area (Å²) in [7, 11) is 1.06. The number of methoxy groups -OCH3 is 1. The third kappa shape index (κ3) is 8.05. The summed E-state index contributed by atoms with van der Waals surface area (Å²) in [6.07, 6.45) is -0.580. The van der Waals surface area contributed by atoms with Crippen molar-refractivity contribution in [3.05, 3.63) is 41.5 Å². The molecule has 2 saturated carbocycles.